The molecule has 5 rings (SSSR count). The molecule has 2 amide bonds. The third-order valence-electron chi connectivity index (χ3n) is 6.95. The van der Waals surface area contributed by atoms with E-state index in [1.165, 1.54) is 19.1 Å². The molecule has 2 atom stereocenters. The van der Waals surface area contributed by atoms with Crippen molar-refractivity contribution in [3.63, 3.8) is 0 Å². The summed E-state index contributed by atoms with van der Waals surface area (Å²) < 4.78 is 18.4. The van der Waals surface area contributed by atoms with Crippen LogP contribution < -0.4 is 10.6 Å². The van der Waals surface area contributed by atoms with Gasteiger partial charge in [-0.25, -0.2) is 4.68 Å². The van der Waals surface area contributed by atoms with Crippen LogP contribution >= 0.6 is 0 Å². The summed E-state index contributed by atoms with van der Waals surface area (Å²) in [6.07, 6.45) is 7.84. The van der Waals surface area contributed by atoms with Gasteiger partial charge >= 0.3 is 0 Å². The molecular formula is C26H31N5O4S. The Morgan fingerprint density at radius 2 is 2.14 bits per heavy atom. The summed E-state index contributed by atoms with van der Waals surface area (Å²) in [5, 5.41) is 14.7. The van der Waals surface area contributed by atoms with Gasteiger partial charge in [0.05, 0.1) is 17.4 Å². The molecule has 1 aromatic carbocycles. The maximum Gasteiger partial charge on any atom is 0.257 e. The molecule has 2 unspecified atom stereocenters. The quantitative estimate of drug-likeness (QED) is 0.455. The number of carbonyl (C=O) groups is 2. The number of fused-ring (bicyclic) bond motifs is 1. The van der Waals surface area contributed by atoms with E-state index in [1.807, 2.05) is 13.0 Å². The van der Waals surface area contributed by atoms with Gasteiger partial charge in [-0.15, -0.1) is 0 Å². The Hall–Kier alpha value is -3.27. The average Bonchev–Trinajstić information content (AvgIpc) is 3.47. The number of rotatable bonds is 9. The van der Waals surface area contributed by atoms with Crippen molar-refractivity contribution in [1.29, 1.82) is 0 Å². The zero-order chi connectivity index (χ0) is 25.4. The Morgan fingerprint density at radius 1 is 1.33 bits per heavy atom. The first kappa shape index (κ1) is 24.4. The van der Waals surface area contributed by atoms with E-state index in [-0.39, 0.29) is 23.6 Å². The maximum atomic E-state index is 13.4. The van der Waals surface area contributed by atoms with Crippen LogP contribution in [0, 0.1) is 12.8 Å². The first-order valence-electron chi connectivity index (χ1n) is 12.4. The van der Waals surface area contributed by atoms with Crippen LogP contribution in [0.4, 0.5) is 5.82 Å². The fourth-order valence-electron chi connectivity index (χ4n) is 4.90. The molecule has 2 aliphatic rings. The van der Waals surface area contributed by atoms with Gasteiger partial charge < -0.3 is 15.2 Å². The van der Waals surface area contributed by atoms with Crippen LogP contribution in [0.5, 0.6) is 0 Å². The van der Waals surface area contributed by atoms with Crippen molar-refractivity contribution in [3.8, 4) is 11.1 Å². The van der Waals surface area contributed by atoms with Crippen molar-refractivity contribution in [1.82, 2.24) is 20.3 Å². The third-order valence-corrected chi connectivity index (χ3v) is 7.62. The van der Waals surface area contributed by atoms with Crippen molar-refractivity contribution in [2.24, 2.45) is 5.92 Å². The first-order valence-corrected chi connectivity index (χ1v) is 14.1. The Balaban J connectivity index is 1.45. The van der Waals surface area contributed by atoms with Gasteiger partial charge in [0.25, 0.3) is 5.91 Å². The number of hydrogen-bond acceptors (Lipinski definition) is 6. The van der Waals surface area contributed by atoms with Gasteiger partial charge in [-0.05, 0) is 42.4 Å². The molecule has 3 heterocycles. The molecular weight excluding hydrogens is 478 g/mol. The van der Waals surface area contributed by atoms with E-state index in [0.29, 0.717) is 36.0 Å². The fourth-order valence-corrected chi connectivity index (χ4v) is 5.34. The van der Waals surface area contributed by atoms with Crippen LogP contribution in [-0.4, -0.2) is 43.0 Å². The predicted molar refractivity (Wildman–Crippen MR) is 137 cm³/mol. The van der Waals surface area contributed by atoms with Gasteiger partial charge in [-0.2, -0.15) is 5.10 Å². The van der Waals surface area contributed by atoms with E-state index in [1.54, 1.807) is 10.9 Å². The van der Waals surface area contributed by atoms with Crippen molar-refractivity contribution >= 4 is 28.4 Å². The molecule has 1 fully saturated rings. The van der Waals surface area contributed by atoms with E-state index in [9.17, 15) is 13.8 Å². The summed E-state index contributed by atoms with van der Waals surface area (Å²) in [7, 11) is -1.28. The van der Waals surface area contributed by atoms with Crippen molar-refractivity contribution in [3.05, 3.63) is 52.5 Å². The highest BCUT2D eigenvalue weighted by atomic mass is 32.2. The van der Waals surface area contributed by atoms with E-state index < -0.39 is 10.8 Å². The van der Waals surface area contributed by atoms with Crippen molar-refractivity contribution in [2.75, 3.05) is 17.3 Å². The summed E-state index contributed by atoms with van der Waals surface area (Å²) >= 11 is 0. The van der Waals surface area contributed by atoms with Crippen LogP contribution in [0.15, 0.2) is 29.0 Å². The van der Waals surface area contributed by atoms with Gasteiger partial charge in [-0.3, -0.25) is 13.8 Å². The summed E-state index contributed by atoms with van der Waals surface area (Å²) in [4.78, 5) is 25.8. The Labute approximate surface area is 212 Å². The highest BCUT2D eigenvalue weighted by molar-refractivity contribution is 7.85. The molecule has 2 aromatic heterocycles. The molecule has 2 N–H and O–H groups in total. The lowest BCUT2D eigenvalue weighted by molar-refractivity contribution is -0.113. The number of amides is 2. The van der Waals surface area contributed by atoms with Crippen LogP contribution in [0.25, 0.3) is 11.1 Å². The smallest absolute Gasteiger partial charge is 0.257 e. The number of benzene rings is 1. The second kappa shape index (κ2) is 10.0. The molecule has 190 valence electrons. The molecule has 9 nitrogen and oxygen atoms in total. The molecule has 36 heavy (non-hydrogen) atoms. The monoisotopic (exact) mass is 509 g/mol. The van der Waals surface area contributed by atoms with Crippen LogP contribution in [0.1, 0.15) is 65.1 Å². The van der Waals surface area contributed by atoms with E-state index >= 15 is 0 Å². The number of anilines is 1. The van der Waals surface area contributed by atoms with Crippen molar-refractivity contribution < 1.29 is 18.3 Å². The van der Waals surface area contributed by atoms with Crippen LogP contribution in [-0.2, 0) is 35.0 Å². The number of hydrogen-bond donors (Lipinski definition) is 2. The molecule has 10 heteroatoms. The number of aryl methyl sites for hydroxylation is 3. The SMILES string of the molecule is CCc1cc(-c2conc2C)ccc1C1Cc2nn(CCC3CC3)c(NC(=O)CS(C)=O)c2C(=O)N1. The minimum Gasteiger partial charge on any atom is -0.364 e. The summed E-state index contributed by atoms with van der Waals surface area (Å²) in [5.74, 6) is 0.331. The van der Waals surface area contributed by atoms with Crippen LogP contribution in [0.2, 0.25) is 0 Å². The van der Waals surface area contributed by atoms with Gasteiger partial charge in [0.15, 0.2) is 0 Å². The van der Waals surface area contributed by atoms with Gasteiger partial charge in [0.1, 0.15) is 23.4 Å². The zero-order valence-electron chi connectivity index (χ0n) is 20.8. The third kappa shape index (κ3) is 5.00. The minimum absolute atomic E-state index is 0.120. The minimum atomic E-state index is -1.28. The zero-order valence-corrected chi connectivity index (χ0v) is 21.6. The average molecular weight is 510 g/mol. The topological polar surface area (TPSA) is 119 Å². The maximum absolute atomic E-state index is 13.4. The second-order valence-corrected chi connectivity index (χ2v) is 11.1. The highest BCUT2D eigenvalue weighted by Gasteiger charge is 2.34. The Bertz CT molecular complexity index is 1340. The standard InChI is InChI=1S/C26H31N5O4S/c1-4-17-11-18(20-13-35-30-15(20)2)7-8-19(17)21-12-22-24(26(33)27-21)25(28-23(32)14-36(3)34)31(29-22)10-9-16-5-6-16/h7-8,11,13,16,21H,4-6,9-10,12,14H2,1-3H3,(H,27,33)(H,28,32). The van der Waals surface area contributed by atoms with E-state index in [0.717, 1.165) is 40.8 Å². The lowest BCUT2D eigenvalue weighted by Crippen LogP contribution is -2.36. The molecule has 1 aliphatic heterocycles. The highest BCUT2D eigenvalue weighted by Crippen LogP contribution is 2.36. The lowest BCUT2D eigenvalue weighted by atomic mass is 9.89. The molecule has 1 saturated carbocycles. The van der Waals surface area contributed by atoms with Gasteiger partial charge in [-0.1, -0.05) is 43.1 Å². The Kier molecular flexibility index (Phi) is 6.79. The summed E-state index contributed by atoms with van der Waals surface area (Å²) in [6.45, 7) is 4.64. The largest absolute Gasteiger partial charge is 0.364 e. The number of carbonyl (C=O) groups excluding carboxylic acids is 2. The summed E-state index contributed by atoms with van der Waals surface area (Å²) in [5.41, 5.74) is 6.08. The molecule has 0 radical (unpaired) electrons. The molecule has 0 spiro atoms. The lowest BCUT2D eigenvalue weighted by Gasteiger charge is -2.26. The van der Waals surface area contributed by atoms with Crippen molar-refractivity contribution in [2.45, 2.75) is 58.5 Å². The van der Waals surface area contributed by atoms with Crippen LogP contribution in [0.3, 0.4) is 0 Å². The first-order chi connectivity index (χ1) is 17.3. The molecule has 3 aromatic rings. The van der Waals surface area contributed by atoms with Gasteiger partial charge in [0, 0.05) is 35.6 Å². The molecule has 0 bridgehead atoms. The normalized spacial score (nSPS) is 18.0. The molecule has 0 saturated heterocycles. The number of nitrogens with one attached hydrogen (secondary N) is 2. The fraction of sp³-hybridized carbons (Fsp3) is 0.462. The Morgan fingerprint density at radius 3 is 2.81 bits per heavy atom. The summed E-state index contributed by atoms with van der Waals surface area (Å²) in [6, 6.07) is 5.98. The molecule has 1 aliphatic carbocycles. The predicted octanol–water partition coefficient (Wildman–Crippen LogP) is 3.55. The van der Waals surface area contributed by atoms with E-state index in [2.05, 4.69) is 34.8 Å². The van der Waals surface area contributed by atoms with Gasteiger partial charge in [0.2, 0.25) is 5.91 Å². The van der Waals surface area contributed by atoms with E-state index in [4.69, 9.17) is 9.62 Å². The number of aromatic nitrogens is 3. The number of nitrogens with zero attached hydrogens (tertiary/aromatic N) is 3. The second-order valence-electron chi connectivity index (χ2n) is 9.70.